The van der Waals surface area contributed by atoms with Gasteiger partial charge in [-0.05, 0) is 12.1 Å². The van der Waals surface area contributed by atoms with E-state index in [0.717, 1.165) is 12.1 Å². The summed E-state index contributed by atoms with van der Waals surface area (Å²) in [6, 6.07) is 7.26. The Labute approximate surface area is 179 Å². The van der Waals surface area contributed by atoms with Crippen LogP contribution in [0, 0.1) is 15.9 Å². The predicted molar refractivity (Wildman–Crippen MR) is 110 cm³/mol. The summed E-state index contributed by atoms with van der Waals surface area (Å²) in [6.45, 7) is 0. The summed E-state index contributed by atoms with van der Waals surface area (Å²) in [5.41, 5.74) is 0.852. The van der Waals surface area contributed by atoms with Gasteiger partial charge in [-0.1, -0.05) is 6.07 Å². The fourth-order valence-corrected chi connectivity index (χ4v) is 3.09. The molecule has 162 valence electrons. The van der Waals surface area contributed by atoms with E-state index in [1.165, 1.54) is 26.6 Å². The Morgan fingerprint density at radius 3 is 2.78 bits per heavy atom. The highest BCUT2D eigenvalue weighted by atomic mass is 19.1. The Morgan fingerprint density at radius 2 is 2.06 bits per heavy atom. The molecule has 0 atom stereocenters. The highest BCUT2D eigenvalue weighted by Crippen LogP contribution is 2.34. The summed E-state index contributed by atoms with van der Waals surface area (Å²) in [6.07, 6.45) is 4.53. The number of nitrogens with one attached hydrogen (secondary N) is 1. The number of carbonyl (C=O) groups excluding carboxylic acids is 1. The molecule has 1 N–H and O–H groups in total. The van der Waals surface area contributed by atoms with Gasteiger partial charge in [-0.25, -0.2) is 19.3 Å². The summed E-state index contributed by atoms with van der Waals surface area (Å²) >= 11 is 0. The number of anilines is 2. The largest absolute Gasteiger partial charge is 0.494 e. The van der Waals surface area contributed by atoms with Crippen LogP contribution in [0.2, 0.25) is 0 Å². The van der Waals surface area contributed by atoms with Gasteiger partial charge in [-0.15, -0.1) is 0 Å². The minimum atomic E-state index is -1.05. The van der Waals surface area contributed by atoms with E-state index in [1.807, 2.05) is 0 Å². The minimum Gasteiger partial charge on any atom is -0.494 e. The van der Waals surface area contributed by atoms with E-state index in [-0.39, 0.29) is 28.6 Å². The molecular formula is C20H15FN6O5. The fourth-order valence-electron chi connectivity index (χ4n) is 3.09. The van der Waals surface area contributed by atoms with Crippen molar-refractivity contribution in [2.24, 2.45) is 0 Å². The molecule has 11 nitrogen and oxygen atoms in total. The van der Waals surface area contributed by atoms with Crippen LogP contribution in [0.15, 0.2) is 48.9 Å². The van der Waals surface area contributed by atoms with Crippen LogP contribution < -0.4 is 10.1 Å². The molecule has 0 fully saturated rings. The third kappa shape index (κ3) is 3.64. The number of hydrogen-bond donors (Lipinski definition) is 1. The van der Waals surface area contributed by atoms with Gasteiger partial charge in [0, 0.05) is 30.1 Å². The molecule has 0 bridgehead atoms. The monoisotopic (exact) mass is 438 g/mol. The van der Waals surface area contributed by atoms with Crippen LogP contribution >= 0.6 is 0 Å². The lowest BCUT2D eigenvalue weighted by atomic mass is 10.1. The summed E-state index contributed by atoms with van der Waals surface area (Å²) < 4.78 is 25.5. The second kappa shape index (κ2) is 8.26. The maximum atomic E-state index is 13.9. The first-order chi connectivity index (χ1) is 15.4. The highest BCUT2D eigenvalue weighted by Gasteiger charge is 2.22. The van der Waals surface area contributed by atoms with Crippen molar-refractivity contribution in [1.82, 2.24) is 19.6 Å². The number of nitro groups is 1. The standard InChI is InChI=1S/C20H15FN6O5/c1-31-17-7-13(21)16(27(29)30)8-14(17)24-20-22-9-12(19(28)32-2)18(25-20)11-10-23-26-6-4-3-5-15(11)26/h3-10H,1-2H3,(H,22,24,25). The van der Waals surface area contributed by atoms with Crippen molar-refractivity contribution in [3.63, 3.8) is 0 Å². The summed E-state index contributed by atoms with van der Waals surface area (Å²) in [4.78, 5) is 31.1. The zero-order valence-electron chi connectivity index (χ0n) is 16.8. The minimum absolute atomic E-state index is 0.00581. The Morgan fingerprint density at radius 1 is 1.25 bits per heavy atom. The first-order valence-corrected chi connectivity index (χ1v) is 9.10. The molecule has 0 spiro atoms. The number of benzene rings is 1. The number of aromatic nitrogens is 4. The average molecular weight is 438 g/mol. The molecule has 4 rings (SSSR count). The molecule has 12 heteroatoms. The Kier molecular flexibility index (Phi) is 5.33. The molecule has 3 heterocycles. The van der Waals surface area contributed by atoms with E-state index < -0.39 is 22.4 Å². The van der Waals surface area contributed by atoms with Gasteiger partial charge in [0.15, 0.2) is 0 Å². The zero-order chi connectivity index (χ0) is 22.8. The topological polar surface area (TPSA) is 134 Å². The number of methoxy groups -OCH3 is 2. The number of halogens is 1. The van der Waals surface area contributed by atoms with E-state index in [2.05, 4.69) is 20.4 Å². The van der Waals surface area contributed by atoms with E-state index in [0.29, 0.717) is 11.1 Å². The lowest BCUT2D eigenvalue weighted by Crippen LogP contribution is -2.09. The number of rotatable bonds is 6. The van der Waals surface area contributed by atoms with Gasteiger partial charge >= 0.3 is 11.7 Å². The molecule has 0 aliphatic carbocycles. The molecule has 32 heavy (non-hydrogen) atoms. The lowest BCUT2D eigenvalue weighted by Gasteiger charge is -2.12. The smallest absolute Gasteiger partial charge is 0.341 e. The van der Waals surface area contributed by atoms with Crippen LogP contribution in [0.25, 0.3) is 16.8 Å². The number of carbonyl (C=O) groups is 1. The Bertz CT molecular complexity index is 1360. The van der Waals surface area contributed by atoms with Crippen LogP contribution in [-0.4, -0.2) is 44.7 Å². The number of nitrogens with zero attached hydrogens (tertiary/aromatic N) is 5. The molecule has 0 amide bonds. The molecule has 0 aliphatic heterocycles. The second-order valence-electron chi connectivity index (χ2n) is 6.42. The molecule has 0 aliphatic rings. The number of nitro benzene ring substituents is 1. The van der Waals surface area contributed by atoms with Gasteiger partial charge in [0.25, 0.3) is 0 Å². The quantitative estimate of drug-likeness (QED) is 0.273. The van der Waals surface area contributed by atoms with Crippen molar-refractivity contribution in [1.29, 1.82) is 0 Å². The molecule has 0 saturated heterocycles. The summed E-state index contributed by atoms with van der Waals surface area (Å²) in [5, 5.41) is 18.2. The first-order valence-electron chi connectivity index (χ1n) is 9.10. The lowest BCUT2D eigenvalue weighted by molar-refractivity contribution is -0.387. The van der Waals surface area contributed by atoms with Crippen molar-refractivity contribution in [2.45, 2.75) is 0 Å². The number of fused-ring (bicyclic) bond motifs is 1. The van der Waals surface area contributed by atoms with E-state index >= 15 is 0 Å². The molecular weight excluding hydrogens is 423 g/mol. The van der Waals surface area contributed by atoms with E-state index in [9.17, 15) is 19.3 Å². The van der Waals surface area contributed by atoms with Crippen molar-refractivity contribution < 1.29 is 23.6 Å². The van der Waals surface area contributed by atoms with Crippen molar-refractivity contribution in [3.8, 4) is 17.0 Å². The molecule has 4 aromatic rings. The summed E-state index contributed by atoms with van der Waals surface area (Å²) in [7, 11) is 2.52. The highest BCUT2D eigenvalue weighted by molar-refractivity contribution is 5.98. The van der Waals surface area contributed by atoms with Crippen LogP contribution in [0.5, 0.6) is 5.75 Å². The maximum absolute atomic E-state index is 13.9. The zero-order valence-corrected chi connectivity index (χ0v) is 16.8. The number of pyridine rings is 1. The molecule has 0 unspecified atom stereocenters. The molecule has 0 radical (unpaired) electrons. The van der Waals surface area contributed by atoms with Gasteiger partial charge in [0.2, 0.25) is 11.8 Å². The molecule has 1 aromatic carbocycles. The van der Waals surface area contributed by atoms with Gasteiger partial charge in [-0.2, -0.15) is 9.49 Å². The van der Waals surface area contributed by atoms with E-state index in [4.69, 9.17) is 9.47 Å². The third-order valence-corrected chi connectivity index (χ3v) is 4.59. The Balaban J connectivity index is 1.84. The average Bonchev–Trinajstić information content (AvgIpc) is 3.23. The molecule has 3 aromatic heterocycles. The molecule has 0 saturated carbocycles. The van der Waals surface area contributed by atoms with Gasteiger partial charge in [0.1, 0.15) is 11.3 Å². The van der Waals surface area contributed by atoms with Gasteiger partial charge in [0.05, 0.1) is 42.2 Å². The second-order valence-corrected chi connectivity index (χ2v) is 6.42. The van der Waals surface area contributed by atoms with Crippen LogP contribution in [0.4, 0.5) is 21.7 Å². The van der Waals surface area contributed by atoms with Crippen molar-refractivity contribution >= 4 is 28.8 Å². The van der Waals surface area contributed by atoms with Crippen LogP contribution in [-0.2, 0) is 4.74 Å². The Hall–Kier alpha value is -4.61. The van der Waals surface area contributed by atoms with E-state index in [1.54, 1.807) is 28.9 Å². The van der Waals surface area contributed by atoms with Crippen LogP contribution in [0.3, 0.4) is 0 Å². The fraction of sp³-hybridized carbons (Fsp3) is 0.100. The predicted octanol–water partition coefficient (Wildman–Crippen LogP) is 3.38. The number of ether oxygens (including phenoxy) is 2. The van der Waals surface area contributed by atoms with Crippen molar-refractivity contribution in [3.05, 3.63) is 70.4 Å². The SMILES string of the molecule is COC(=O)c1cnc(Nc2cc([N+](=O)[O-])c(F)cc2OC)nc1-c1cnn2ccccc12. The first kappa shape index (κ1) is 20.7. The van der Waals surface area contributed by atoms with Crippen molar-refractivity contribution in [2.75, 3.05) is 19.5 Å². The van der Waals surface area contributed by atoms with Gasteiger partial charge in [-0.3, -0.25) is 10.1 Å². The number of hydrogen-bond acceptors (Lipinski definition) is 9. The van der Waals surface area contributed by atoms with Crippen LogP contribution in [0.1, 0.15) is 10.4 Å². The number of esters is 1. The van der Waals surface area contributed by atoms with Gasteiger partial charge < -0.3 is 14.8 Å². The normalized spacial score (nSPS) is 10.7. The summed E-state index contributed by atoms with van der Waals surface area (Å²) in [5.74, 6) is -1.71. The maximum Gasteiger partial charge on any atom is 0.341 e. The third-order valence-electron chi connectivity index (χ3n) is 4.59.